The van der Waals surface area contributed by atoms with E-state index >= 15 is 0 Å². The predicted octanol–water partition coefficient (Wildman–Crippen LogP) is 2.56. The maximum atomic E-state index is 10.1. The molecule has 3 heterocycles. The normalized spacial score (nSPS) is 12.7. The highest BCUT2D eigenvalue weighted by Gasteiger charge is 2.12. The Balaban J connectivity index is 0.00000243. The van der Waals surface area contributed by atoms with E-state index in [4.69, 9.17) is 4.42 Å². The minimum Gasteiger partial charge on any atom is -0.464 e. The lowest BCUT2D eigenvalue weighted by Gasteiger charge is -2.13. The topological polar surface area (TPSA) is 87.1 Å². The average Bonchev–Trinajstić information content (AvgIpc) is 3.20. The molecule has 140 valence electrons. The number of aryl methyl sites for hydroxylation is 2. The molecule has 1 atom stereocenters. The highest BCUT2D eigenvalue weighted by Crippen LogP contribution is 2.15. The molecule has 0 saturated carbocycles. The summed E-state index contributed by atoms with van der Waals surface area (Å²) in [4.78, 5) is 8.74. The number of hydrogen-bond acceptors (Lipinski definition) is 4. The van der Waals surface area contributed by atoms with Gasteiger partial charge in [0.05, 0.1) is 18.8 Å². The zero-order valence-electron chi connectivity index (χ0n) is 15.1. The first kappa shape index (κ1) is 20.2. The summed E-state index contributed by atoms with van der Waals surface area (Å²) < 4.78 is 7.41. The van der Waals surface area contributed by atoms with Crippen LogP contribution in [0.4, 0.5) is 0 Å². The molecule has 26 heavy (non-hydrogen) atoms. The van der Waals surface area contributed by atoms with Crippen LogP contribution >= 0.6 is 24.0 Å². The summed E-state index contributed by atoms with van der Waals surface area (Å²) in [5, 5.41) is 16.4. The highest BCUT2D eigenvalue weighted by atomic mass is 127. The molecule has 0 bridgehead atoms. The number of guanidine groups is 1. The van der Waals surface area contributed by atoms with Crippen molar-refractivity contribution < 1.29 is 9.52 Å². The molecule has 0 aliphatic carbocycles. The first-order valence-electron chi connectivity index (χ1n) is 8.18. The highest BCUT2D eigenvalue weighted by molar-refractivity contribution is 14.0. The van der Waals surface area contributed by atoms with Gasteiger partial charge in [0.2, 0.25) is 0 Å². The number of nitrogens with zero attached hydrogens (tertiary/aromatic N) is 3. The summed E-state index contributed by atoms with van der Waals surface area (Å²) in [6, 6.07) is 7.69. The number of imidazole rings is 1. The molecule has 1 unspecified atom stereocenters. The lowest BCUT2D eigenvalue weighted by molar-refractivity contribution is 0.151. The Bertz CT molecular complexity index is 887. The van der Waals surface area contributed by atoms with Gasteiger partial charge in [-0.3, -0.25) is 4.99 Å². The van der Waals surface area contributed by atoms with Gasteiger partial charge < -0.3 is 24.6 Å². The number of furan rings is 1. The van der Waals surface area contributed by atoms with Crippen LogP contribution in [0.3, 0.4) is 0 Å². The molecule has 3 N–H and O–H groups in total. The van der Waals surface area contributed by atoms with Gasteiger partial charge >= 0.3 is 0 Å². The van der Waals surface area contributed by atoms with Gasteiger partial charge in [-0.25, -0.2) is 4.98 Å². The van der Waals surface area contributed by atoms with E-state index in [1.807, 2.05) is 48.8 Å². The summed E-state index contributed by atoms with van der Waals surface area (Å²) in [5.41, 5.74) is 3.01. The van der Waals surface area contributed by atoms with Gasteiger partial charge in [-0.2, -0.15) is 0 Å². The standard InChI is InChI=1S/C18H23N5O2.HI/c1-12-6-7-23-11-14(22-17(23)8-12)9-20-18(19-3)21-10-15(24)16-5-4-13(2)25-16;/h4-8,11,15,24H,9-10H2,1-3H3,(H2,19,20,21);1H. The monoisotopic (exact) mass is 469 g/mol. The van der Waals surface area contributed by atoms with Crippen molar-refractivity contribution in [3.8, 4) is 0 Å². The number of halogens is 1. The smallest absolute Gasteiger partial charge is 0.191 e. The van der Waals surface area contributed by atoms with Crippen molar-refractivity contribution in [1.29, 1.82) is 0 Å². The second-order valence-corrected chi connectivity index (χ2v) is 5.97. The summed E-state index contributed by atoms with van der Waals surface area (Å²) in [6.45, 7) is 4.73. The number of hydrogen-bond donors (Lipinski definition) is 3. The van der Waals surface area contributed by atoms with Crippen LogP contribution in [0.25, 0.3) is 5.65 Å². The summed E-state index contributed by atoms with van der Waals surface area (Å²) in [6.07, 6.45) is 3.25. The van der Waals surface area contributed by atoms with Crippen molar-refractivity contribution >= 4 is 35.6 Å². The zero-order chi connectivity index (χ0) is 17.8. The Morgan fingerprint density at radius 3 is 2.81 bits per heavy atom. The van der Waals surface area contributed by atoms with Gasteiger partial charge in [0.1, 0.15) is 23.3 Å². The van der Waals surface area contributed by atoms with Crippen LogP contribution in [-0.2, 0) is 6.54 Å². The molecule has 0 amide bonds. The van der Waals surface area contributed by atoms with Crippen molar-refractivity contribution in [1.82, 2.24) is 20.0 Å². The number of rotatable bonds is 5. The zero-order valence-corrected chi connectivity index (χ0v) is 17.4. The second-order valence-electron chi connectivity index (χ2n) is 5.97. The lowest BCUT2D eigenvalue weighted by Crippen LogP contribution is -2.39. The average molecular weight is 469 g/mol. The lowest BCUT2D eigenvalue weighted by atomic mass is 10.3. The van der Waals surface area contributed by atoms with Gasteiger partial charge in [0.15, 0.2) is 5.96 Å². The first-order chi connectivity index (χ1) is 12.0. The van der Waals surface area contributed by atoms with Crippen molar-refractivity contribution in [3.63, 3.8) is 0 Å². The van der Waals surface area contributed by atoms with Crippen molar-refractivity contribution in [2.75, 3.05) is 13.6 Å². The molecule has 0 spiro atoms. The largest absolute Gasteiger partial charge is 0.464 e. The molecule has 7 nitrogen and oxygen atoms in total. The molecule has 8 heteroatoms. The summed E-state index contributed by atoms with van der Waals surface area (Å²) >= 11 is 0. The van der Waals surface area contributed by atoms with E-state index in [2.05, 4.69) is 20.6 Å². The van der Waals surface area contributed by atoms with Crippen LogP contribution in [0.2, 0.25) is 0 Å². The van der Waals surface area contributed by atoms with Gasteiger partial charge in [-0.15, -0.1) is 24.0 Å². The minimum atomic E-state index is -0.731. The van der Waals surface area contributed by atoms with Crippen LogP contribution in [0, 0.1) is 13.8 Å². The fourth-order valence-corrected chi connectivity index (χ4v) is 2.54. The Kier molecular flexibility index (Phi) is 7.04. The van der Waals surface area contributed by atoms with E-state index in [0.717, 1.165) is 17.1 Å². The van der Waals surface area contributed by atoms with Crippen LogP contribution < -0.4 is 10.6 Å². The molecule has 3 aromatic heterocycles. The number of pyridine rings is 1. The molecule has 3 rings (SSSR count). The third-order valence-corrected chi connectivity index (χ3v) is 3.88. The Hall–Kier alpha value is -2.07. The fraction of sp³-hybridized carbons (Fsp3) is 0.333. The van der Waals surface area contributed by atoms with E-state index < -0.39 is 6.10 Å². The first-order valence-corrected chi connectivity index (χ1v) is 8.18. The van der Waals surface area contributed by atoms with E-state index in [0.29, 0.717) is 24.8 Å². The molecular formula is C18H24IN5O2. The number of aliphatic imine (C=N–C) groups is 1. The van der Waals surface area contributed by atoms with Gasteiger partial charge in [-0.1, -0.05) is 0 Å². The molecule has 0 aliphatic rings. The van der Waals surface area contributed by atoms with Crippen molar-refractivity contribution in [3.05, 3.63) is 59.4 Å². The molecule has 3 aromatic rings. The number of aliphatic hydroxyl groups excluding tert-OH is 1. The Morgan fingerprint density at radius 2 is 2.12 bits per heavy atom. The number of aromatic nitrogens is 2. The van der Waals surface area contributed by atoms with E-state index in [-0.39, 0.29) is 24.0 Å². The Morgan fingerprint density at radius 1 is 1.31 bits per heavy atom. The predicted molar refractivity (Wildman–Crippen MR) is 112 cm³/mol. The molecule has 0 saturated heterocycles. The van der Waals surface area contributed by atoms with Gasteiger partial charge in [0, 0.05) is 19.4 Å². The summed E-state index contributed by atoms with van der Waals surface area (Å²) in [7, 11) is 1.69. The number of fused-ring (bicyclic) bond motifs is 1. The number of nitrogens with one attached hydrogen (secondary N) is 2. The quantitative estimate of drug-likeness (QED) is 0.304. The third-order valence-electron chi connectivity index (χ3n) is 3.88. The molecule has 0 aromatic carbocycles. The minimum absolute atomic E-state index is 0. The summed E-state index contributed by atoms with van der Waals surface area (Å²) in [5.74, 6) is 1.91. The van der Waals surface area contributed by atoms with Gasteiger partial charge in [0.25, 0.3) is 0 Å². The second kappa shape index (κ2) is 9.04. The fourth-order valence-electron chi connectivity index (χ4n) is 2.54. The van der Waals surface area contributed by atoms with Crippen LogP contribution in [0.15, 0.2) is 46.1 Å². The van der Waals surface area contributed by atoms with Crippen molar-refractivity contribution in [2.45, 2.75) is 26.5 Å². The van der Waals surface area contributed by atoms with Crippen LogP contribution in [0.5, 0.6) is 0 Å². The maximum absolute atomic E-state index is 10.1. The molecule has 0 fully saturated rings. The van der Waals surface area contributed by atoms with Crippen molar-refractivity contribution in [2.24, 2.45) is 4.99 Å². The van der Waals surface area contributed by atoms with E-state index in [9.17, 15) is 5.11 Å². The molecule has 0 radical (unpaired) electrons. The van der Waals surface area contributed by atoms with Gasteiger partial charge in [-0.05, 0) is 43.7 Å². The van der Waals surface area contributed by atoms with Crippen LogP contribution in [0.1, 0.15) is 28.9 Å². The molecular weight excluding hydrogens is 445 g/mol. The Labute approximate surface area is 169 Å². The number of aliphatic hydroxyl groups is 1. The van der Waals surface area contributed by atoms with E-state index in [1.165, 1.54) is 5.56 Å². The maximum Gasteiger partial charge on any atom is 0.191 e. The SMILES string of the molecule is CN=C(NCc1cn2ccc(C)cc2n1)NCC(O)c1ccc(C)o1.I. The van der Waals surface area contributed by atoms with E-state index in [1.54, 1.807) is 13.1 Å². The van der Waals surface area contributed by atoms with Crippen LogP contribution in [-0.4, -0.2) is 34.0 Å². The molecule has 0 aliphatic heterocycles. The third kappa shape index (κ3) is 4.98.